The van der Waals surface area contributed by atoms with Crippen LogP contribution in [0.2, 0.25) is 0 Å². The lowest BCUT2D eigenvalue weighted by Crippen LogP contribution is -2.41. The summed E-state index contributed by atoms with van der Waals surface area (Å²) in [4.78, 5) is 20.4. The van der Waals surface area contributed by atoms with Gasteiger partial charge >= 0.3 is 6.18 Å². The summed E-state index contributed by atoms with van der Waals surface area (Å²) in [7, 11) is 0. The van der Waals surface area contributed by atoms with Crippen molar-refractivity contribution in [3.63, 3.8) is 0 Å². The normalized spacial score (nSPS) is 20.4. The number of nitrogens with zero attached hydrogens (tertiary/aromatic N) is 5. The molecule has 0 bridgehead atoms. The second-order valence-corrected chi connectivity index (χ2v) is 7.56. The SMILES string of the molecule is NCN(CC1CCC(c2nnn3cnc4[nH]ccc4c23)CC1)C(=O)CC(F)(F)F. The lowest BCUT2D eigenvalue weighted by Gasteiger charge is -2.32. The first kappa shape index (κ1) is 19.6. The van der Waals surface area contributed by atoms with E-state index in [9.17, 15) is 18.0 Å². The molecule has 0 atom stereocenters. The van der Waals surface area contributed by atoms with Gasteiger partial charge in [-0.1, -0.05) is 5.21 Å². The van der Waals surface area contributed by atoms with Gasteiger partial charge in [0.25, 0.3) is 0 Å². The minimum Gasteiger partial charge on any atom is -0.346 e. The van der Waals surface area contributed by atoms with E-state index in [1.807, 2.05) is 12.3 Å². The third-order valence-electron chi connectivity index (χ3n) is 5.63. The molecule has 0 spiro atoms. The minimum atomic E-state index is -4.52. The first-order valence-corrected chi connectivity index (χ1v) is 9.57. The Balaban J connectivity index is 1.43. The Hall–Kier alpha value is -2.69. The number of alkyl halides is 3. The fourth-order valence-corrected chi connectivity index (χ4v) is 4.19. The zero-order valence-electron chi connectivity index (χ0n) is 15.7. The highest BCUT2D eigenvalue weighted by atomic mass is 19.4. The quantitative estimate of drug-likeness (QED) is 0.630. The van der Waals surface area contributed by atoms with Crippen LogP contribution in [-0.4, -0.2) is 55.0 Å². The van der Waals surface area contributed by atoms with Gasteiger partial charge in [-0.3, -0.25) is 4.79 Å². The molecular weight excluding hydrogens is 387 g/mol. The molecule has 0 aromatic carbocycles. The number of fused-ring (bicyclic) bond motifs is 3. The Kier molecular flexibility index (Phi) is 5.15. The molecular formula is C18H22F3N7O. The molecule has 0 aliphatic heterocycles. The standard InChI is InChI=1S/C18H22F3N7O/c19-18(20,21)7-14(29)27(9-22)8-11-1-3-12(4-2-11)15-16-13-5-6-23-17(13)24-10-28(16)26-25-15/h5-6,10-12,23H,1-4,7-9,22H2. The smallest absolute Gasteiger partial charge is 0.346 e. The summed E-state index contributed by atoms with van der Waals surface area (Å²) in [5.74, 6) is -0.627. The van der Waals surface area contributed by atoms with Crippen molar-refractivity contribution in [3.05, 3.63) is 24.3 Å². The topological polar surface area (TPSA) is 105 Å². The molecule has 156 valence electrons. The Bertz CT molecular complexity index is 1000. The summed E-state index contributed by atoms with van der Waals surface area (Å²) in [5.41, 5.74) is 8.15. The van der Waals surface area contributed by atoms with Gasteiger partial charge in [-0.15, -0.1) is 5.10 Å². The van der Waals surface area contributed by atoms with Gasteiger partial charge in [-0.25, -0.2) is 9.50 Å². The zero-order chi connectivity index (χ0) is 20.6. The van der Waals surface area contributed by atoms with Crippen molar-refractivity contribution in [2.45, 2.75) is 44.2 Å². The van der Waals surface area contributed by atoms with Crippen LogP contribution in [0, 0.1) is 5.92 Å². The van der Waals surface area contributed by atoms with Crippen LogP contribution in [0.25, 0.3) is 16.6 Å². The highest BCUT2D eigenvalue weighted by Crippen LogP contribution is 2.38. The number of carbonyl (C=O) groups excluding carboxylic acids is 1. The molecule has 3 aromatic rings. The van der Waals surface area contributed by atoms with Crippen LogP contribution in [0.3, 0.4) is 0 Å². The maximum Gasteiger partial charge on any atom is 0.397 e. The molecule has 29 heavy (non-hydrogen) atoms. The van der Waals surface area contributed by atoms with Crippen LogP contribution < -0.4 is 5.73 Å². The van der Waals surface area contributed by atoms with E-state index in [0.29, 0.717) is 0 Å². The van der Waals surface area contributed by atoms with Gasteiger partial charge in [-0.05, 0) is 37.7 Å². The summed E-state index contributed by atoms with van der Waals surface area (Å²) in [6.45, 7) is 0.0508. The van der Waals surface area contributed by atoms with Crippen LogP contribution >= 0.6 is 0 Å². The second kappa shape index (κ2) is 7.62. The first-order valence-electron chi connectivity index (χ1n) is 9.57. The summed E-state index contributed by atoms with van der Waals surface area (Å²) >= 11 is 0. The van der Waals surface area contributed by atoms with Crippen molar-refractivity contribution < 1.29 is 18.0 Å². The number of aromatic amines is 1. The fourth-order valence-electron chi connectivity index (χ4n) is 4.19. The van der Waals surface area contributed by atoms with Gasteiger partial charge in [0.1, 0.15) is 23.9 Å². The predicted octanol–water partition coefficient (Wildman–Crippen LogP) is 2.58. The van der Waals surface area contributed by atoms with Crippen molar-refractivity contribution in [3.8, 4) is 0 Å². The monoisotopic (exact) mass is 409 g/mol. The molecule has 3 aromatic heterocycles. The van der Waals surface area contributed by atoms with Gasteiger partial charge in [0.2, 0.25) is 5.91 Å². The summed E-state index contributed by atoms with van der Waals surface area (Å²) in [5, 5.41) is 9.50. The molecule has 3 heterocycles. The number of carbonyl (C=O) groups is 1. The number of rotatable bonds is 5. The Morgan fingerprint density at radius 2 is 2.07 bits per heavy atom. The van der Waals surface area contributed by atoms with Crippen molar-refractivity contribution in [2.24, 2.45) is 11.7 Å². The number of amides is 1. The van der Waals surface area contributed by atoms with E-state index in [4.69, 9.17) is 5.73 Å². The van der Waals surface area contributed by atoms with Crippen LogP contribution in [-0.2, 0) is 4.79 Å². The highest BCUT2D eigenvalue weighted by molar-refractivity contribution is 5.92. The molecule has 1 saturated carbocycles. The van der Waals surface area contributed by atoms with Crippen LogP contribution in [0.4, 0.5) is 13.2 Å². The minimum absolute atomic E-state index is 0.128. The van der Waals surface area contributed by atoms with Gasteiger partial charge in [0, 0.05) is 24.0 Å². The maximum absolute atomic E-state index is 12.5. The molecule has 1 amide bonds. The van der Waals surface area contributed by atoms with Gasteiger partial charge in [-0.2, -0.15) is 13.2 Å². The molecule has 8 nitrogen and oxygen atoms in total. The fraction of sp³-hybridized carbons (Fsp3) is 0.556. The number of hydrogen-bond donors (Lipinski definition) is 2. The van der Waals surface area contributed by atoms with E-state index in [-0.39, 0.29) is 25.0 Å². The number of aromatic nitrogens is 5. The van der Waals surface area contributed by atoms with Crippen LogP contribution in [0.5, 0.6) is 0 Å². The average Bonchev–Trinajstić information content (AvgIpc) is 3.31. The highest BCUT2D eigenvalue weighted by Gasteiger charge is 2.34. The average molecular weight is 409 g/mol. The third kappa shape index (κ3) is 4.04. The molecule has 1 aliphatic carbocycles. The molecule has 11 heteroatoms. The first-order chi connectivity index (χ1) is 13.9. The summed E-state index contributed by atoms with van der Waals surface area (Å²) < 4.78 is 39.2. The largest absolute Gasteiger partial charge is 0.397 e. The Morgan fingerprint density at radius 1 is 1.31 bits per heavy atom. The van der Waals surface area contributed by atoms with Crippen molar-refractivity contribution >= 4 is 22.5 Å². The number of H-pyrrole nitrogens is 1. The predicted molar refractivity (Wildman–Crippen MR) is 98.8 cm³/mol. The number of nitrogens with two attached hydrogens (primary N) is 1. The van der Waals surface area contributed by atoms with Crippen molar-refractivity contribution in [1.82, 2.24) is 29.7 Å². The van der Waals surface area contributed by atoms with Crippen LogP contribution in [0.15, 0.2) is 18.6 Å². The van der Waals surface area contributed by atoms with E-state index in [2.05, 4.69) is 20.3 Å². The van der Waals surface area contributed by atoms with Gasteiger partial charge in [0.05, 0.1) is 12.4 Å². The molecule has 1 fully saturated rings. The van der Waals surface area contributed by atoms with Gasteiger partial charge < -0.3 is 15.6 Å². The number of nitrogens with one attached hydrogen (secondary N) is 1. The molecule has 0 radical (unpaired) electrons. The van der Waals surface area contributed by atoms with Crippen molar-refractivity contribution in [2.75, 3.05) is 13.2 Å². The van der Waals surface area contributed by atoms with E-state index in [0.717, 1.165) is 52.8 Å². The molecule has 4 rings (SSSR count). The summed E-state index contributed by atoms with van der Waals surface area (Å²) in [6, 6.07) is 1.95. The van der Waals surface area contributed by atoms with E-state index >= 15 is 0 Å². The van der Waals surface area contributed by atoms with Crippen molar-refractivity contribution in [1.29, 1.82) is 0 Å². The van der Waals surface area contributed by atoms with E-state index < -0.39 is 18.5 Å². The number of hydrogen-bond acceptors (Lipinski definition) is 5. The lowest BCUT2D eigenvalue weighted by atomic mass is 9.80. The van der Waals surface area contributed by atoms with Gasteiger partial charge in [0.15, 0.2) is 0 Å². The number of halogens is 3. The molecule has 3 N–H and O–H groups in total. The van der Waals surface area contributed by atoms with E-state index in [1.165, 1.54) is 0 Å². The molecule has 0 saturated heterocycles. The lowest BCUT2D eigenvalue weighted by molar-refractivity contribution is -0.161. The second-order valence-electron chi connectivity index (χ2n) is 7.56. The molecule has 1 aliphatic rings. The zero-order valence-corrected chi connectivity index (χ0v) is 15.7. The Labute approximate surface area is 164 Å². The molecule has 0 unspecified atom stereocenters. The van der Waals surface area contributed by atoms with E-state index in [1.54, 1.807) is 10.8 Å². The Morgan fingerprint density at radius 3 is 2.76 bits per heavy atom. The summed E-state index contributed by atoms with van der Waals surface area (Å²) in [6.07, 6.45) is 0.717. The maximum atomic E-state index is 12.5. The van der Waals surface area contributed by atoms with Crippen LogP contribution in [0.1, 0.15) is 43.7 Å². The third-order valence-corrected chi connectivity index (χ3v) is 5.63.